The SMILES string of the molecule is COc1cc(NC(=O)c2ccoc2Br)c(Br)cc1Br. The Morgan fingerprint density at radius 1 is 1.26 bits per heavy atom. The zero-order chi connectivity index (χ0) is 14.0. The van der Waals surface area contributed by atoms with Crippen LogP contribution in [0.15, 0.2) is 42.5 Å². The van der Waals surface area contributed by atoms with E-state index in [2.05, 4.69) is 53.1 Å². The van der Waals surface area contributed by atoms with Gasteiger partial charge in [-0.1, -0.05) is 0 Å². The first-order valence-corrected chi connectivity index (χ1v) is 7.48. The van der Waals surface area contributed by atoms with Gasteiger partial charge in [-0.15, -0.1) is 0 Å². The Labute approximate surface area is 134 Å². The minimum absolute atomic E-state index is 0.272. The highest BCUT2D eigenvalue weighted by Crippen LogP contribution is 2.35. The number of nitrogens with one attached hydrogen (secondary N) is 1. The summed E-state index contributed by atoms with van der Waals surface area (Å²) in [5, 5.41) is 2.78. The largest absolute Gasteiger partial charge is 0.495 e. The average Bonchev–Trinajstić information content (AvgIpc) is 2.79. The Morgan fingerprint density at radius 3 is 2.58 bits per heavy atom. The fourth-order valence-electron chi connectivity index (χ4n) is 1.43. The smallest absolute Gasteiger partial charge is 0.260 e. The number of methoxy groups -OCH3 is 1. The molecule has 0 unspecified atom stereocenters. The highest BCUT2D eigenvalue weighted by molar-refractivity contribution is 9.11. The van der Waals surface area contributed by atoms with Crippen LogP contribution >= 0.6 is 47.8 Å². The molecular formula is C12H8Br3NO3. The van der Waals surface area contributed by atoms with E-state index in [1.165, 1.54) is 6.26 Å². The van der Waals surface area contributed by atoms with Crippen LogP contribution in [0.4, 0.5) is 5.69 Å². The van der Waals surface area contributed by atoms with E-state index in [0.717, 1.165) is 8.95 Å². The summed E-state index contributed by atoms with van der Waals surface area (Å²) in [4.78, 5) is 12.1. The van der Waals surface area contributed by atoms with Gasteiger partial charge >= 0.3 is 0 Å². The first-order chi connectivity index (χ1) is 9.02. The lowest BCUT2D eigenvalue weighted by atomic mass is 10.2. The molecule has 1 aromatic carbocycles. The van der Waals surface area contributed by atoms with Gasteiger partial charge in [-0.3, -0.25) is 4.79 Å². The van der Waals surface area contributed by atoms with Gasteiger partial charge in [0.25, 0.3) is 5.91 Å². The highest BCUT2D eigenvalue weighted by Gasteiger charge is 2.15. The van der Waals surface area contributed by atoms with Gasteiger partial charge in [-0.2, -0.15) is 0 Å². The van der Waals surface area contributed by atoms with Crippen molar-refractivity contribution in [3.8, 4) is 5.75 Å². The summed E-state index contributed by atoms with van der Waals surface area (Å²) in [5.74, 6) is 0.357. The predicted molar refractivity (Wildman–Crippen MR) is 82.8 cm³/mol. The summed E-state index contributed by atoms with van der Waals surface area (Å²) >= 11 is 9.92. The second kappa shape index (κ2) is 6.11. The van der Waals surface area contributed by atoms with Crippen LogP contribution in [0, 0.1) is 0 Å². The Kier molecular flexibility index (Phi) is 4.70. The topological polar surface area (TPSA) is 51.5 Å². The van der Waals surface area contributed by atoms with E-state index in [1.54, 1.807) is 25.3 Å². The molecule has 2 rings (SSSR count). The summed E-state index contributed by atoms with van der Waals surface area (Å²) in [6, 6.07) is 5.11. The van der Waals surface area contributed by atoms with Crippen LogP contribution in [0.2, 0.25) is 0 Å². The number of anilines is 1. The minimum Gasteiger partial charge on any atom is -0.495 e. The van der Waals surface area contributed by atoms with E-state index in [-0.39, 0.29) is 5.91 Å². The molecule has 0 aliphatic heterocycles. The monoisotopic (exact) mass is 451 g/mol. The van der Waals surface area contributed by atoms with Crippen LogP contribution < -0.4 is 10.1 Å². The number of ether oxygens (including phenoxy) is 1. The molecular weight excluding hydrogens is 446 g/mol. The molecule has 1 amide bonds. The third kappa shape index (κ3) is 3.21. The van der Waals surface area contributed by atoms with Gasteiger partial charge < -0.3 is 14.5 Å². The van der Waals surface area contributed by atoms with Gasteiger partial charge in [0.1, 0.15) is 5.75 Å². The van der Waals surface area contributed by atoms with Crippen LogP contribution in [-0.4, -0.2) is 13.0 Å². The maximum atomic E-state index is 12.1. The molecule has 0 fully saturated rings. The van der Waals surface area contributed by atoms with Crippen molar-refractivity contribution in [1.82, 2.24) is 0 Å². The summed E-state index contributed by atoms with van der Waals surface area (Å²) < 4.78 is 12.2. The van der Waals surface area contributed by atoms with Crippen molar-refractivity contribution in [2.75, 3.05) is 12.4 Å². The fourth-order valence-corrected chi connectivity index (χ4v) is 3.10. The molecule has 100 valence electrons. The third-order valence-electron chi connectivity index (χ3n) is 2.35. The lowest BCUT2D eigenvalue weighted by Crippen LogP contribution is -2.12. The van der Waals surface area contributed by atoms with Crippen LogP contribution in [0.25, 0.3) is 0 Å². The predicted octanol–water partition coefficient (Wildman–Crippen LogP) is 4.83. The molecule has 0 radical (unpaired) electrons. The Bertz CT molecular complexity index is 625. The molecule has 0 spiro atoms. The van der Waals surface area contributed by atoms with Gasteiger partial charge in [-0.25, -0.2) is 0 Å². The average molecular weight is 454 g/mol. The number of benzene rings is 1. The molecule has 2 aromatic rings. The fraction of sp³-hybridized carbons (Fsp3) is 0.0833. The van der Waals surface area contributed by atoms with Gasteiger partial charge in [0.15, 0.2) is 4.67 Å². The maximum Gasteiger partial charge on any atom is 0.260 e. The van der Waals surface area contributed by atoms with E-state index < -0.39 is 0 Å². The number of furan rings is 1. The number of halogens is 3. The number of rotatable bonds is 3. The molecule has 1 heterocycles. The molecule has 0 bridgehead atoms. The first kappa shape index (κ1) is 14.6. The molecule has 19 heavy (non-hydrogen) atoms. The number of amides is 1. The summed E-state index contributed by atoms with van der Waals surface area (Å²) in [5.41, 5.74) is 1.03. The number of carbonyl (C=O) groups excluding carboxylic acids is 1. The molecule has 4 nitrogen and oxygen atoms in total. The number of carbonyl (C=O) groups is 1. The maximum absolute atomic E-state index is 12.1. The second-order valence-corrected chi connectivity index (χ2v) is 5.96. The Balaban J connectivity index is 2.29. The van der Waals surface area contributed by atoms with E-state index in [0.29, 0.717) is 21.7 Å². The minimum atomic E-state index is -0.272. The molecule has 0 saturated heterocycles. The van der Waals surface area contributed by atoms with Crippen molar-refractivity contribution in [3.63, 3.8) is 0 Å². The van der Waals surface area contributed by atoms with Crippen molar-refractivity contribution >= 4 is 59.4 Å². The van der Waals surface area contributed by atoms with E-state index >= 15 is 0 Å². The third-order valence-corrected chi connectivity index (χ3v) is 4.24. The summed E-state index contributed by atoms with van der Waals surface area (Å²) in [6.45, 7) is 0. The van der Waals surface area contributed by atoms with Crippen molar-refractivity contribution in [3.05, 3.63) is 43.6 Å². The van der Waals surface area contributed by atoms with Gasteiger partial charge in [0.05, 0.1) is 29.1 Å². The van der Waals surface area contributed by atoms with Crippen molar-refractivity contribution in [1.29, 1.82) is 0 Å². The van der Waals surface area contributed by atoms with Crippen molar-refractivity contribution in [2.24, 2.45) is 0 Å². The summed E-state index contributed by atoms with van der Waals surface area (Å²) in [6.07, 6.45) is 1.44. The molecule has 1 N–H and O–H groups in total. The second-order valence-electron chi connectivity index (χ2n) is 3.53. The van der Waals surface area contributed by atoms with Crippen molar-refractivity contribution < 1.29 is 13.9 Å². The van der Waals surface area contributed by atoms with Crippen LogP contribution in [0.5, 0.6) is 5.75 Å². The first-order valence-electron chi connectivity index (χ1n) is 5.10. The van der Waals surface area contributed by atoms with E-state index in [4.69, 9.17) is 9.15 Å². The quantitative estimate of drug-likeness (QED) is 0.724. The lowest BCUT2D eigenvalue weighted by molar-refractivity contribution is 0.102. The van der Waals surface area contributed by atoms with E-state index in [9.17, 15) is 4.79 Å². The molecule has 0 atom stereocenters. The Morgan fingerprint density at radius 2 is 2.00 bits per heavy atom. The molecule has 0 aliphatic carbocycles. The highest BCUT2D eigenvalue weighted by atomic mass is 79.9. The molecule has 0 saturated carbocycles. The summed E-state index contributed by atoms with van der Waals surface area (Å²) in [7, 11) is 1.56. The van der Waals surface area contributed by atoms with Crippen LogP contribution in [-0.2, 0) is 0 Å². The molecule has 7 heteroatoms. The lowest BCUT2D eigenvalue weighted by Gasteiger charge is -2.10. The van der Waals surface area contributed by atoms with Gasteiger partial charge in [0, 0.05) is 10.5 Å². The number of hydrogen-bond acceptors (Lipinski definition) is 3. The van der Waals surface area contributed by atoms with Gasteiger partial charge in [0.2, 0.25) is 0 Å². The zero-order valence-corrected chi connectivity index (χ0v) is 14.4. The van der Waals surface area contributed by atoms with Crippen LogP contribution in [0.1, 0.15) is 10.4 Å². The van der Waals surface area contributed by atoms with Gasteiger partial charge in [-0.05, 0) is 59.9 Å². The number of hydrogen-bond donors (Lipinski definition) is 1. The zero-order valence-electron chi connectivity index (χ0n) is 9.67. The van der Waals surface area contributed by atoms with Crippen LogP contribution in [0.3, 0.4) is 0 Å². The van der Waals surface area contributed by atoms with Crippen molar-refractivity contribution in [2.45, 2.75) is 0 Å². The standard InChI is InChI=1S/C12H8Br3NO3/c1-18-10-5-9(7(13)4-8(10)14)16-12(17)6-2-3-19-11(6)15/h2-5H,1H3,(H,16,17). The molecule has 0 aliphatic rings. The molecule has 1 aromatic heterocycles. The van der Waals surface area contributed by atoms with E-state index in [1.807, 2.05) is 0 Å². The normalized spacial score (nSPS) is 10.3. The Hall–Kier alpha value is -0.790.